The monoisotopic (exact) mass is 350 g/mol. The van der Waals surface area contributed by atoms with Gasteiger partial charge < -0.3 is 5.73 Å². The van der Waals surface area contributed by atoms with Crippen LogP contribution in [0.15, 0.2) is 28.7 Å². The van der Waals surface area contributed by atoms with E-state index < -0.39 is 0 Å². The predicted molar refractivity (Wildman–Crippen MR) is 92.2 cm³/mol. The molecule has 2 aliphatic rings. The minimum atomic E-state index is 0.168. The molecule has 2 N–H and O–H groups in total. The topological polar surface area (TPSA) is 29.3 Å². The minimum Gasteiger partial charge on any atom is -0.326 e. The fourth-order valence-corrected chi connectivity index (χ4v) is 4.91. The third kappa shape index (κ3) is 3.35. The van der Waals surface area contributed by atoms with Crippen LogP contribution in [0.2, 0.25) is 0 Å². The summed E-state index contributed by atoms with van der Waals surface area (Å²) in [6, 6.07) is 10.00. The number of benzene rings is 1. The van der Waals surface area contributed by atoms with E-state index >= 15 is 0 Å². The van der Waals surface area contributed by atoms with Gasteiger partial charge in [-0.05, 0) is 62.8 Å². The quantitative estimate of drug-likeness (QED) is 0.866. The summed E-state index contributed by atoms with van der Waals surface area (Å²) >= 11 is 3.61. The Kier molecular flexibility index (Phi) is 5.03. The van der Waals surface area contributed by atoms with Gasteiger partial charge in [0.25, 0.3) is 0 Å². The molecule has 3 atom stereocenters. The molecule has 1 heterocycles. The highest BCUT2D eigenvalue weighted by molar-refractivity contribution is 9.10. The molecule has 1 saturated heterocycles. The van der Waals surface area contributed by atoms with Gasteiger partial charge in [-0.2, -0.15) is 0 Å². The van der Waals surface area contributed by atoms with Crippen molar-refractivity contribution in [3.05, 3.63) is 34.3 Å². The first-order chi connectivity index (χ1) is 10.2. The van der Waals surface area contributed by atoms with Crippen LogP contribution in [0.25, 0.3) is 0 Å². The lowest BCUT2D eigenvalue weighted by atomic mass is 9.92. The summed E-state index contributed by atoms with van der Waals surface area (Å²) in [5.41, 5.74) is 7.77. The Labute approximate surface area is 137 Å². The van der Waals surface area contributed by atoms with Crippen LogP contribution in [0.4, 0.5) is 0 Å². The molecule has 2 nitrogen and oxygen atoms in total. The summed E-state index contributed by atoms with van der Waals surface area (Å²) in [5.74, 6) is 0.904. The Morgan fingerprint density at radius 3 is 2.62 bits per heavy atom. The summed E-state index contributed by atoms with van der Waals surface area (Å²) in [7, 11) is 0. The highest BCUT2D eigenvalue weighted by Crippen LogP contribution is 2.40. The number of likely N-dealkylation sites (tertiary alicyclic amines) is 1. The maximum absolute atomic E-state index is 6.40. The van der Waals surface area contributed by atoms with Crippen molar-refractivity contribution in [2.75, 3.05) is 6.54 Å². The molecule has 2 fully saturated rings. The molecule has 3 rings (SSSR count). The van der Waals surface area contributed by atoms with E-state index in [4.69, 9.17) is 5.73 Å². The molecule has 0 bridgehead atoms. The van der Waals surface area contributed by atoms with Crippen LogP contribution in [-0.2, 0) is 0 Å². The molecule has 116 valence electrons. The molecule has 1 aromatic rings. The molecule has 21 heavy (non-hydrogen) atoms. The number of hydrogen-bond donors (Lipinski definition) is 1. The molecule has 1 aromatic carbocycles. The number of nitrogens with two attached hydrogens (primary N) is 1. The predicted octanol–water partition coefficient (Wildman–Crippen LogP) is 4.49. The zero-order chi connectivity index (χ0) is 14.8. The molecule has 1 aliphatic carbocycles. The molecule has 3 unspecified atom stereocenters. The van der Waals surface area contributed by atoms with Crippen LogP contribution >= 0.6 is 15.9 Å². The largest absolute Gasteiger partial charge is 0.326 e. The number of nitrogens with zero attached hydrogens (tertiary/aromatic N) is 1. The second-order valence-corrected chi connectivity index (χ2v) is 7.77. The summed E-state index contributed by atoms with van der Waals surface area (Å²) < 4.78 is 1.15. The molecule has 3 heteroatoms. The van der Waals surface area contributed by atoms with Crippen molar-refractivity contribution in [3.8, 4) is 0 Å². The zero-order valence-electron chi connectivity index (χ0n) is 13.0. The van der Waals surface area contributed by atoms with Crippen molar-refractivity contribution in [1.82, 2.24) is 4.90 Å². The van der Waals surface area contributed by atoms with Crippen molar-refractivity contribution in [2.45, 2.75) is 63.6 Å². The van der Waals surface area contributed by atoms with Crippen molar-refractivity contribution in [1.29, 1.82) is 0 Å². The second-order valence-electron chi connectivity index (χ2n) is 6.85. The molecule has 0 aromatic heterocycles. The van der Waals surface area contributed by atoms with Gasteiger partial charge in [0.1, 0.15) is 0 Å². The van der Waals surface area contributed by atoms with Gasteiger partial charge in [-0.15, -0.1) is 0 Å². The molecular formula is C18H27BrN2. The standard InChI is InChI=1S/C18H27BrN2/c1-13(20)18(15-8-4-9-16(19)12-15)21-11-5-10-17(21)14-6-2-3-7-14/h4,8-9,12-14,17-18H,2-3,5-7,10-11,20H2,1H3. The smallest absolute Gasteiger partial charge is 0.0499 e. The van der Waals surface area contributed by atoms with Gasteiger partial charge in [-0.25, -0.2) is 0 Å². The van der Waals surface area contributed by atoms with E-state index in [1.165, 1.54) is 50.6 Å². The maximum Gasteiger partial charge on any atom is 0.0499 e. The summed E-state index contributed by atoms with van der Waals surface area (Å²) in [4.78, 5) is 2.72. The van der Waals surface area contributed by atoms with Crippen LogP contribution in [0.1, 0.15) is 57.1 Å². The van der Waals surface area contributed by atoms with Crippen LogP contribution in [0.5, 0.6) is 0 Å². The van der Waals surface area contributed by atoms with E-state index in [1.807, 2.05) is 0 Å². The SMILES string of the molecule is CC(N)C(c1cccc(Br)c1)N1CCCC1C1CCCC1. The van der Waals surface area contributed by atoms with Crippen LogP contribution in [0, 0.1) is 5.92 Å². The Hall–Kier alpha value is -0.380. The average Bonchev–Trinajstić information content (AvgIpc) is 3.08. The maximum atomic E-state index is 6.40. The Morgan fingerprint density at radius 2 is 1.95 bits per heavy atom. The number of halogens is 1. The third-order valence-corrected chi connectivity index (χ3v) is 5.82. The van der Waals surface area contributed by atoms with Gasteiger partial charge in [0.15, 0.2) is 0 Å². The summed E-state index contributed by atoms with van der Waals surface area (Å²) in [5, 5.41) is 0. The Morgan fingerprint density at radius 1 is 1.19 bits per heavy atom. The van der Waals surface area contributed by atoms with Crippen molar-refractivity contribution >= 4 is 15.9 Å². The van der Waals surface area contributed by atoms with E-state index in [1.54, 1.807) is 0 Å². The van der Waals surface area contributed by atoms with Gasteiger partial charge in [0.05, 0.1) is 0 Å². The minimum absolute atomic E-state index is 0.168. The van der Waals surface area contributed by atoms with E-state index in [9.17, 15) is 0 Å². The first-order valence-electron chi connectivity index (χ1n) is 8.43. The van der Waals surface area contributed by atoms with Crippen molar-refractivity contribution in [3.63, 3.8) is 0 Å². The van der Waals surface area contributed by atoms with Crippen molar-refractivity contribution in [2.24, 2.45) is 11.7 Å². The molecule has 1 saturated carbocycles. The molecular weight excluding hydrogens is 324 g/mol. The molecule has 0 radical (unpaired) electrons. The van der Waals surface area contributed by atoms with Crippen LogP contribution < -0.4 is 5.73 Å². The average molecular weight is 351 g/mol. The lowest BCUT2D eigenvalue weighted by Gasteiger charge is -2.38. The van der Waals surface area contributed by atoms with Gasteiger partial charge in [0, 0.05) is 22.6 Å². The van der Waals surface area contributed by atoms with Gasteiger partial charge >= 0.3 is 0 Å². The second kappa shape index (κ2) is 6.80. The van der Waals surface area contributed by atoms with E-state index in [0.29, 0.717) is 6.04 Å². The Bertz CT molecular complexity index is 468. The van der Waals surface area contributed by atoms with Crippen molar-refractivity contribution < 1.29 is 0 Å². The lowest BCUT2D eigenvalue weighted by molar-refractivity contribution is 0.120. The zero-order valence-corrected chi connectivity index (χ0v) is 14.6. The molecule has 0 amide bonds. The van der Waals surface area contributed by atoms with Gasteiger partial charge in [-0.1, -0.05) is 40.9 Å². The number of hydrogen-bond acceptors (Lipinski definition) is 2. The highest BCUT2D eigenvalue weighted by atomic mass is 79.9. The third-order valence-electron chi connectivity index (χ3n) is 5.33. The van der Waals surface area contributed by atoms with Gasteiger partial charge in [0.2, 0.25) is 0 Å². The fourth-order valence-electron chi connectivity index (χ4n) is 4.50. The normalized spacial score (nSPS) is 27.1. The van der Waals surface area contributed by atoms with E-state index in [0.717, 1.165) is 16.4 Å². The van der Waals surface area contributed by atoms with E-state index in [2.05, 4.69) is 52.0 Å². The van der Waals surface area contributed by atoms with E-state index in [-0.39, 0.29) is 6.04 Å². The first kappa shape index (κ1) is 15.5. The van der Waals surface area contributed by atoms with Crippen LogP contribution in [0.3, 0.4) is 0 Å². The summed E-state index contributed by atoms with van der Waals surface area (Å²) in [6.45, 7) is 3.37. The fraction of sp³-hybridized carbons (Fsp3) is 0.667. The van der Waals surface area contributed by atoms with Crippen LogP contribution in [-0.4, -0.2) is 23.5 Å². The lowest BCUT2D eigenvalue weighted by Crippen LogP contribution is -2.44. The van der Waals surface area contributed by atoms with Gasteiger partial charge in [-0.3, -0.25) is 4.90 Å². The highest BCUT2D eigenvalue weighted by Gasteiger charge is 2.38. The number of rotatable bonds is 4. The Balaban J connectivity index is 1.85. The first-order valence-corrected chi connectivity index (χ1v) is 9.23. The summed E-state index contributed by atoms with van der Waals surface area (Å²) in [6.07, 6.45) is 8.39. The molecule has 1 aliphatic heterocycles. The molecule has 0 spiro atoms.